The van der Waals surface area contributed by atoms with Crippen molar-refractivity contribution in [3.8, 4) is 35.1 Å². The van der Waals surface area contributed by atoms with Gasteiger partial charge in [-0.3, -0.25) is 4.79 Å². The van der Waals surface area contributed by atoms with E-state index >= 15 is 0 Å². The summed E-state index contributed by atoms with van der Waals surface area (Å²) in [6.07, 6.45) is 1.14. The number of terminal acetylenes is 1. The third kappa shape index (κ3) is 4.32. The smallest absolute Gasteiger partial charge is 0.433 e. The Kier molecular flexibility index (Phi) is 6.03. The third-order valence-electron chi connectivity index (χ3n) is 5.04. The molecule has 0 radical (unpaired) electrons. The number of benzene rings is 1. The molecule has 1 amide bonds. The van der Waals surface area contributed by atoms with Crippen LogP contribution in [-0.2, 0) is 6.18 Å². The van der Waals surface area contributed by atoms with E-state index in [0.717, 1.165) is 6.07 Å². The number of carbonyl (C=O) groups excluding carboxylic acids is 1. The first-order chi connectivity index (χ1) is 15.0. The largest absolute Gasteiger partial charge is 0.493 e. The Morgan fingerprint density at radius 2 is 1.88 bits per heavy atom. The molecule has 1 atom stereocenters. The number of ether oxygens (including phenoxy) is 2. The molecule has 0 spiro atoms. The summed E-state index contributed by atoms with van der Waals surface area (Å²) in [7, 11) is 2.87. The van der Waals surface area contributed by atoms with Gasteiger partial charge < -0.3 is 14.8 Å². The molecule has 0 aliphatic rings. The number of amides is 1. The van der Waals surface area contributed by atoms with E-state index in [-0.39, 0.29) is 17.0 Å². The van der Waals surface area contributed by atoms with Crippen LogP contribution in [0.15, 0.2) is 30.3 Å². The molecule has 0 saturated carbocycles. The molecule has 3 rings (SSSR count). The van der Waals surface area contributed by atoms with Crippen molar-refractivity contribution in [1.82, 2.24) is 19.9 Å². The van der Waals surface area contributed by atoms with E-state index in [2.05, 4.69) is 21.3 Å². The fourth-order valence-corrected chi connectivity index (χ4v) is 2.97. The molecule has 0 bridgehead atoms. The first-order valence-electron chi connectivity index (χ1n) is 9.56. The minimum Gasteiger partial charge on any atom is -0.493 e. The van der Waals surface area contributed by atoms with E-state index in [1.165, 1.54) is 26.4 Å². The van der Waals surface area contributed by atoms with Crippen molar-refractivity contribution < 1.29 is 27.4 Å². The monoisotopic (exact) mass is 446 g/mol. The number of methoxy groups -OCH3 is 2. The van der Waals surface area contributed by atoms with Crippen molar-refractivity contribution in [2.75, 3.05) is 14.2 Å². The Morgan fingerprint density at radius 3 is 2.44 bits per heavy atom. The third-order valence-corrected chi connectivity index (χ3v) is 5.04. The zero-order valence-corrected chi connectivity index (χ0v) is 17.9. The van der Waals surface area contributed by atoms with Gasteiger partial charge in [0.15, 0.2) is 28.5 Å². The maximum atomic E-state index is 13.8. The topological polar surface area (TPSA) is 77.8 Å². The second kappa shape index (κ2) is 8.42. The first-order valence-corrected chi connectivity index (χ1v) is 9.56. The lowest BCUT2D eigenvalue weighted by atomic mass is 10.0. The fraction of sp³-hybridized carbons (Fsp3) is 0.318. The highest BCUT2D eigenvalue weighted by atomic mass is 19.4. The van der Waals surface area contributed by atoms with Crippen LogP contribution >= 0.6 is 0 Å². The van der Waals surface area contributed by atoms with Crippen molar-refractivity contribution in [1.29, 1.82) is 0 Å². The summed E-state index contributed by atoms with van der Waals surface area (Å²) in [5.41, 5.74) is -2.02. The van der Waals surface area contributed by atoms with Gasteiger partial charge in [-0.25, -0.2) is 9.50 Å². The average Bonchev–Trinajstić information content (AvgIpc) is 3.21. The number of rotatable bonds is 6. The molecule has 0 fully saturated rings. The van der Waals surface area contributed by atoms with Crippen LogP contribution < -0.4 is 14.8 Å². The summed E-state index contributed by atoms with van der Waals surface area (Å²) in [5, 5.41) is 6.45. The first kappa shape index (κ1) is 22.9. The average molecular weight is 446 g/mol. The minimum absolute atomic E-state index is 0.0275. The van der Waals surface area contributed by atoms with Gasteiger partial charge in [0.05, 0.1) is 25.5 Å². The van der Waals surface area contributed by atoms with Crippen molar-refractivity contribution in [2.24, 2.45) is 0 Å². The van der Waals surface area contributed by atoms with E-state index in [1.807, 2.05) is 0 Å². The van der Waals surface area contributed by atoms with Gasteiger partial charge in [-0.15, -0.1) is 6.42 Å². The van der Waals surface area contributed by atoms with Gasteiger partial charge in [-0.05, 0) is 37.6 Å². The van der Waals surface area contributed by atoms with E-state index in [0.29, 0.717) is 28.0 Å². The number of alkyl halides is 3. The van der Waals surface area contributed by atoms with Crippen molar-refractivity contribution in [3.05, 3.63) is 41.7 Å². The van der Waals surface area contributed by atoms with Gasteiger partial charge in [0, 0.05) is 11.6 Å². The van der Waals surface area contributed by atoms with Gasteiger partial charge in [0.1, 0.15) is 0 Å². The number of nitrogens with zero attached hydrogens (tertiary/aromatic N) is 3. The molecule has 1 aromatic carbocycles. The molecule has 10 heteroatoms. The standard InChI is InChI=1S/C22H21F3N4O3/c1-6-21(3,7-2)27-20(30)15-12-19-26-14(11-18(22(23,24)25)29(19)28-15)13-8-9-16(31-4)17(10-13)32-5/h1,8-12H,7H2,2-5H3,(H,27,30)/t21-/m1/s1. The summed E-state index contributed by atoms with van der Waals surface area (Å²) in [5.74, 6) is 2.52. The lowest BCUT2D eigenvalue weighted by molar-refractivity contribution is -0.142. The Bertz CT molecular complexity index is 1210. The van der Waals surface area contributed by atoms with Gasteiger partial charge in [0.25, 0.3) is 5.91 Å². The number of halogens is 3. The maximum absolute atomic E-state index is 13.8. The Labute approximate surface area is 182 Å². The lowest BCUT2D eigenvalue weighted by Crippen LogP contribution is -2.44. The van der Waals surface area contributed by atoms with Crippen LogP contribution in [0.4, 0.5) is 13.2 Å². The SMILES string of the molecule is C#C[C@](C)(CC)NC(=O)c1cc2nc(-c3ccc(OC)c(OC)c3)cc(C(F)(F)F)n2n1. The van der Waals surface area contributed by atoms with E-state index in [4.69, 9.17) is 15.9 Å². The van der Waals surface area contributed by atoms with Crippen LogP contribution in [0.1, 0.15) is 36.5 Å². The molecule has 0 saturated heterocycles. The van der Waals surface area contributed by atoms with E-state index in [9.17, 15) is 18.0 Å². The molecular formula is C22H21F3N4O3. The van der Waals surface area contributed by atoms with E-state index < -0.39 is 23.3 Å². The molecule has 3 aromatic rings. The summed E-state index contributed by atoms with van der Waals surface area (Å²) in [6.45, 7) is 3.41. The predicted molar refractivity (Wildman–Crippen MR) is 112 cm³/mol. The van der Waals surface area contributed by atoms with Crippen LogP contribution in [0, 0.1) is 12.3 Å². The lowest BCUT2D eigenvalue weighted by Gasteiger charge is -2.22. The fourth-order valence-electron chi connectivity index (χ4n) is 2.97. The Morgan fingerprint density at radius 1 is 1.19 bits per heavy atom. The minimum atomic E-state index is -4.75. The highest BCUT2D eigenvalue weighted by Gasteiger charge is 2.36. The van der Waals surface area contributed by atoms with Gasteiger partial charge in [-0.2, -0.15) is 18.3 Å². The van der Waals surface area contributed by atoms with Crippen molar-refractivity contribution in [3.63, 3.8) is 0 Å². The number of hydrogen-bond donors (Lipinski definition) is 1. The highest BCUT2D eigenvalue weighted by Crippen LogP contribution is 2.35. The van der Waals surface area contributed by atoms with Gasteiger partial charge in [-0.1, -0.05) is 12.8 Å². The van der Waals surface area contributed by atoms with Gasteiger partial charge >= 0.3 is 6.18 Å². The van der Waals surface area contributed by atoms with Crippen LogP contribution in [0.2, 0.25) is 0 Å². The molecule has 1 N–H and O–H groups in total. The normalized spacial score (nSPS) is 13.3. The molecule has 7 nitrogen and oxygen atoms in total. The molecule has 2 heterocycles. The van der Waals surface area contributed by atoms with Crippen LogP contribution in [0.3, 0.4) is 0 Å². The second-order valence-corrected chi connectivity index (χ2v) is 7.18. The summed E-state index contributed by atoms with van der Waals surface area (Å²) >= 11 is 0. The van der Waals surface area contributed by atoms with Crippen LogP contribution in [0.5, 0.6) is 11.5 Å². The Hall–Kier alpha value is -3.74. The summed E-state index contributed by atoms with van der Waals surface area (Å²) in [4.78, 5) is 16.9. The predicted octanol–water partition coefficient (Wildman–Crippen LogP) is 3.96. The second-order valence-electron chi connectivity index (χ2n) is 7.18. The number of fused-ring (bicyclic) bond motifs is 1. The summed E-state index contributed by atoms with van der Waals surface area (Å²) < 4.78 is 52.4. The van der Waals surface area contributed by atoms with Crippen LogP contribution in [0.25, 0.3) is 16.9 Å². The molecule has 32 heavy (non-hydrogen) atoms. The molecular weight excluding hydrogens is 425 g/mol. The number of hydrogen-bond acceptors (Lipinski definition) is 5. The molecule has 0 aliphatic carbocycles. The van der Waals surface area contributed by atoms with E-state index in [1.54, 1.807) is 26.0 Å². The quantitative estimate of drug-likeness (QED) is 0.580. The molecule has 168 valence electrons. The molecule has 0 aliphatic heterocycles. The zero-order valence-electron chi connectivity index (χ0n) is 17.9. The molecule has 2 aromatic heterocycles. The maximum Gasteiger partial charge on any atom is 0.433 e. The van der Waals surface area contributed by atoms with Crippen molar-refractivity contribution in [2.45, 2.75) is 32.0 Å². The zero-order chi connectivity index (χ0) is 23.7. The molecule has 0 unspecified atom stereocenters. The number of aromatic nitrogens is 3. The van der Waals surface area contributed by atoms with Crippen molar-refractivity contribution >= 4 is 11.6 Å². The van der Waals surface area contributed by atoms with Gasteiger partial charge in [0.2, 0.25) is 0 Å². The van der Waals surface area contributed by atoms with Crippen LogP contribution in [-0.4, -0.2) is 40.3 Å². The number of nitrogens with one attached hydrogen (secondary N) is 1. The summed E-state index contributed by atoms with van der Waals surface area (Å²) in [6, 6.07) is 6.68. The highest BCUT2D eigenvalue weighted by molar-refractivity contribution is 5.94. The Balaban J connectivity index is 2.14. The number of carbonyl (C=O) groups is 1.